The molecule has 3 aliphatic heterocycles. The molecule has 29 heavy (non-hydrogen) atoms. The SMILES string of the molecule is CC1CCCN1CC1CCN(C(=C(C#N)C#N)N(C)CCN2CCC[C@@H]2C)CC1. The minimum atomic E-state index is 0.258. The number of hydrogen-bond donors (Lipinski definition) is 0. The molecule has 0 spiro atoms. The molecule has 3 fully saturated rings. The lowest BCUT2D eigenvalue weighted by atomic mass is 9.95. The number of piperidine rings is 1. The molecule has 0 radical (unpaired) electrons. The second kappa shape index (κ2) is 10.3. The number of likely N-dealkylation sites (tertiary alicyclic amines) is 3. The summed E-state index contributed by atoms with van der Waals surface area (Å²) < 4.78 is 0. The maximum Gasteiger partial charge on any atom is 0.169 e. The first-order valence-corrected chi connectivity index (χ1v) is 11.5. The fourth-order valence-corrected chi connectivity index (χ4v) is 5.35. The van der Waals surface area contributed by atoms with Crippen LogP contribution < -0.4 is 0 Å². The predicted molar refractivity (Wildman–Crippen MR) is 116 cm³/mol. The normalized spacial score (nSPS) is 26.3. The minimum absolute atomic E-state index is 0.258. The van der Waals surface area contributed by atoms with Gasteiger partial charge in [-0.3, -0.25) is 4.90 Å². The summed E-state index contributed by atoms with van der Waals surface area (Å²) in [5, 5.41) is 19.1. The summed E-state index contributed by atoms with van der Waals surface area (Å²) in [6, 6.07) is 5.68. The van der Waals surface area contributed by atoms with Crippen LogP contribution in [0.1, 0.15) is 52.4 Å². The third-order valence-corrected chi connectivity index (χ3v) is 7.32. The van der Waals surface area contributed by atoms with Crippen LogP contribution in [0, 0.1) is 28.6 Å². The van der Waals surface area contributed by atoms with Crippen LogP contribution in [-0.2, 0) is 0 Å². The summed E-state index contributed by atoms with van der Waals surface area (Å²) in [6.07, 6.45) is 7.51. The van der Waals surface area contributed by atoms with Gasteiger partial charge in [0.2, 0.25) is 0 Å². The van der Waals surface area contributed by atoms with Gasteiger partial charge in [-0.1, -0.05) is 0 Å². The lowest BCUT2D eigenvalue weighted by Gasteiger charge is -2.40. The highest BCUT2D eigenvalue weighted by Crippen LogP contribution is 2.27. The monoisotopic (exact) mass is 398 g/mol. The second-order valence-corrected chi connectivity index (χ2v) is 9.29. The summed E-state index contributed by atoms with van der Waals surface area (Å²) in [5.41, 5.74) is 0.258. The van der Waals surface area contributed by atoms with E-state index in [2.05, 4.69) is 45.6 Å². The van der Waals surface area contributed by atoms with E-state index < -0.39 is 0 Å². The Morgan fingerprint density at radius 2 is 1.48 bits per heavy atom. The van der Waals surface area contributed by atoms with Gasteiger partial charge in [-0.05, 0) is 71.4 Å². The van der Waals surface area contributed by atoms with Crippen molar-refractivity contribution >= 4 is 0 Å². The Hall–Kier alpha value is -1.76. The molecule has 0 aromatic rings. The van der Waals surface area contributed by atoms with Crippen molar-refractivity contribution in [3.05, 3.63) is 11.4 Å². The molecule has 6 nitrogen and oxygen atoms in total. The average Bonchev–Trinajstić information content (AvgIpc) is 3.33. The molecule has 0 N–H and O–H groups in total. The molecule has 0 aromatic heterocycles. The maximum atomic E-state index is 9.57. The molecule has 3 heterocycles. The van der Waals surface area contributed by atoms with Crippen molar-refractivity contribution in [2.45, 2.75) is 64.5 Å². The van der Waals surface area contributed by atoms with Crippen molar-refractivity contribution in [1.82, 2.24) is 19.6 Å². The Morgan fingerprint density at radius 1 is 0.897 bits per heavy atom. The number of likely N-dealkylation sites (N-methyl/N-ethyl adjacent to an activating group) is 1. The zero-order chi connectivity index (χ0) is 20.8. The molecule has 6 heteroatoms. The zero-order valence-corrected chi connectivity index (χ0v) is 18.6. The van der Waals surface area contributed by atoms with E-state index in [-0.39, 0.29) is 5.57 Å². The largest absolute Gasteiger partial charge is 0.358 e. The first kappa shape index (κ1) is 21.9. The van der Waals surface area contributed by atoms with Gasteiger partial charge in [0, 0.05) is 51.9 Å². The van der Waals surface area contributed by atoms with E-state index in [4.69, 9.17) is 0 Å². The number of allylic oxidation sites excluding steroid dienone is 1. The third kappa shape index (κ3) is 5.44. The van der Waals surface area contributed by atoms with Crippen molar-refractivity contribution in [2.24, 2.45) is 5.92 Å². The predicted octanol–water partition coefficient (Wildman–Crippen LogP) is 2.86. The summed E-state index contributed by atoms with van der Waals surface area (Å²) in [5.74, 6) is 1.58. The van der Waals surface area contributed by atoms with Gasteiger partial charge in [0.15, 0.2) is 5.57 Å². The van der Waals surface area contributed by atoms with Crippen LogP contribution in [0.5, 0.6) is 0 Å². The topological polar surface area (TPSA) is 60.5 Å². The lowest BCUT2D eigenvalue weighted by molar-refractivity contribution is 0.131. The van der Waals surface area contributed by atoms with Crippen LogP contribution in [0.15, 0.2) is 11.4 Å². The lowest BCUT2D eigenvalue weighted by Crippen LogP contribution is -2.44. The van der Waals surface area contributed by atoms with E-state index in [1.165, 1.54) is 38.8 Å². The summed E-state index contributed by atoms with van der Waals surface area (Å²) in [6.45, 7) is 12.0. The standard InChI is InChI=1S/C23H38N6/c1-19-6-4-10-27(19)15-14-26(3)23(22(16-24)17-25)28-12-8-21(9-13-28)18-29-11-5-7-20(29)2/h19-21H,4-15,18H2,1-3H3/t19-,20?/m0/s1. The summed E-state index contributed by atoms with van der Waals surface area (Å²) in [4.78, 5) is 9.61. The van der Waals surface area contributed by atoms with E-state index in [9.17, 15) is 10.5 Å². The molecule has 3 saturated heterocycles. The van der Waals surface area contributed by atoms with Crippen LogP contribution in [0.3, 0.4) is 0 Å². The van der Waals surface area contributed by atoms with Crippen LogP contribution in [0.2, 0.25) is 0 Å². The van der Waals surface area contributed by atoms with Gasteiger partial charge in [-0.2, -0.15) is 10.5 Å². The first-order valence-electron chi connectivity index (χ1n) is 11.5. The van der Waals surface area contributed by atoms with Crippen molar-refractivity contribution in [2.75, 3.05) is 52.9 Å². The molecular formula is C23H38N6. The second-order valence-electron chi connectivity index (χ2n) is 9.29. The van der Waals surface area contributed by atoms with E-state index in [1.807, 2.05) is 7.05 Å². The maximum absolute atomic E-state index is 9.57. The van der Waals surface area contributed by atoms with E-state index in [0.717, 1.165) is 63.3 Å². The summed E-state index contributed by atoms with van der Waals surface area (Å²) >= 11 is 0. The van der Waals surface area contributed by atoms with Gasteiger partial charge in [0.1, 0.15) is 18.0 Å². The molecule has 160 valence electrons. The molecule has 0 aliphatic carbocycles. The van der Waals surface area contributed by atoms with Gasteiger partial charge >= 0.3 is 0 Å². The average molecular weight is 399 g/mol. The Morgan fingerprint density at radius 3 is 2.00 bits per heavy atom. The highest BCUT2D eigenvalue weighted by Gasteiger charge is 2.29. The number of nitriles is 2. The van der Waals surface area contributed by atoms with Crippen molar-refractivity contribution in [1.29, 1.82) is 10.5 Å². The number of nitrogens with zero attached hydrogens (tertiary/aromatic N) is 6. The fraction of sp³-hybridized carbons (Fsp3) is 0.826. The molecule has 1 unspecified atom stereocenters. The molecule has 0 amide bonds. The molecule has 0 aromatic carbocycles. The Labute approximate surface area is 177 Å². The smallest absolute Gasteiger partial charge is 0.169 e. The molecular weight excluding hydrogens is 360 g/mol. The molecule has 2 atom stereocenters. The minimum Gasteiger partial charge on any atom is -0.358 e. The Kier molecular flexibility index (Phi) is 7.81. The molecule has 0 bridgehead atoms. The van der Waals surface area contributed by atoms with Gasteiger partial charge in [-0.15, -0.1) is 0 Å². The van der Waals surface area contributed by atoms with Crippen molar-refractivity contribution in [3.8, 4) is 12.1 Å². The van der Waals surface area contributed by atoms with E-state index >= 15 is 0 Å². The highest BCUT2D eigenvalue weighted by atomic mass is 15.3. The highest BCUT2D eigenvalue weighted by molar-refractivity contribution is 5.39. The number of rotatable bonds is 7. The number of hydrogen-bond acceptors (Lipinski definition) is 6. The van der Waals surface area contributed by atoms with Crippen LogP contribution in [0.4, 0.5) is 0 Å². The van der Waals surface area contributed by atoms with Gasteiger partial charge in [0.05, 0.1) is 0 Å². The van der Waals surface area contributed by atoms with Gasteiger partial charge < -0.3 is 14.7 Å². The summed E-state index contributed by atoms with van der Waals surface area (Å²) in [7, 11) is 2.04. The Balaban J connectivity index is 1.58. The van der Waals surface area contributed by atoms with Crippen LogP contribution in [-0.4, -0.2) is 84.5 Å². The van der Waals surface area contributed by atoms with Gasteiger partial charge in [0.25, 0.3) is 0 Å². The fourth-order valence-electron chi connectivity index (χ4n) is 5.35. The van der Waals surface area contributed by atoms with Crippen molar-refractivity contribution < 1.29 is 0 Å². The zero-order valence-electron chi connectivity index (χ0n) is 18.6. The van der Waals surface area contributed by atoms with E-state index in [0.29, 0.717) is 6.04 Å². The van der Waals surface area contributed by atoms with Crippen molar-refractivity contribution in [3.63, 3.8) is 0 Å². The first-order chi connectivity index (χ1) is 14.0. The van der Waals surface area contributed by atoms with E-state index in [1.54, 1.807) is 0 Å². The van der Waals surface area contributed by atoms with Gasteiger partial charge in [-0.25, -0.2) is 0 Å². The van der Waals surface area contributed by atoms with Crippen LogP contribution in [0.25, 0.3) is 0 Å². The quantitative estimate of drug-likeness (QED) is 0.615. The third-order valence-electron chi connectivity index (χ3n) is 7.32. The van der Waals surface area contributed by atoms with Crippen LogP contribution >= 0.6 is 0 Å². The molecule has 3 rings (SSSR count). The molecule has 3 aliphatic rings. The molecule has 0 saturated carbocycles. The Bertz CT molecular complexity index is 635.